The van der Waals surface area contributed by atoms with E-state index >= 15 is 0 Å². The second kappa shape index (κ2) is 4.87. The van der Waals surface area contributed by atoms with Crippen LogP contribution in [0.2, 0.25) is 0 Å². The number of aliphatic hydroxyl groups excluding tert-OH is 1. The van der Waals surface area contributed by atoms with Crippen molar-refractivity contribution in [2.24, 2.45) is 12.5 Å². The molecule has 1 aromatic rings. The molecule has 4 nitrogen and oxygen atoms in total. The van der Waals surface area contributed by atoms with Crippen molar-refractivity contribution in [3.05, 3.63) is 23.0 Å². The highest BCUT2D eigenvalue weighted by Gasteiger charge is 2.56. The normalized spacial score (nSPS) is 31.2. The van der Waals surface area contributed by atoms with Crippen molar-refractivity contribution < 1.29 is 9.90 Å². The highest BCUT2D eigenvalue weighted by Crippen LogP contribution is 2.51. The number of amides is 1. The summed E-state index contributed by atoms with van der Waals surface area (Å²) in [6.07, 6.45) is 4.03. The van der Waals surface area contributed by atoms with Gasteiger partial charge in [-0.1, -0.05) is 6.92 Å². The Kier molecular flexibility index (Phi) is 3.40. The SMILES string of the molecule is CC[C@]1(CO)C[C@H]2CC[C@@H]1N2C(=O)c1cc(C)n(C)c1C. The first-order valence-electron chi connectivity index (χ1n) is 8.01. The molecule has 1 N–H and O–H groups in total. The van der Waals surface area contributed by atoms with Gasteiger partial charge in [0.2, 0.25) is 0 Å². The number of aliphatic hydroxyl groups is 1. The molecule has 2 fully saturated rings. The molecule has 116 valence electrons. The van der Waals surface area contributed by atoms with E-state index < -0.39 is 0 Å². The minimum atomic E-state index is -0.0731. The molecule has 0 aromatic carbocycles. The third-order valence-electron chi connectivity index (χ3n) is 6.11. The Hall–Kier alpha value is -1.29. The summed E-state index contributed by atoms with van der Waals surface area (Å²) in [5.41, 5.74) is 2.91. The van der Waals surface area contributed by atoms with Crippen LogP contribution in [0.15, 0.2) is 6.07 Å². The summed E-state index contributed by atoms with van der Waals surface area (Å²) in [6, 6.07) is 2.53. The predicted octanol–water partition coefficient (Wildman–Crippen LogP) is 2.41. The summed E-state index contributed by atoms with van der Waals surface area (Å²) in [5.74, 6) is 0.160. The first kappa shape index (κ1) is 14.6. The number of hydrogen-bond acceptors (Lipinski definition) is 2. The molecular weight excluding hydrogens is 264 g/mol. The third-order valence-corrected chi connectivity index (χ3v) is 6.11. The molecule has 0 spiro atoms. The van der Waals surface area contributed by atoms with Crippen LogP contribution in [-0.4, -0.2) is 39.2 Å². The lowest BCUT2D eigenvalue weighted by Crippen LogP contribution is -2.42. The van der Waals surface area contributed by atoms with Gasteiger partial charge in [0.1, 0.15) is 0 Å². The van der Waals surface area contributed by atoms with E-state index in [2.05, 4.69) is 16.4 Å². The van der Waals surface area contributed by atoms with Gasteiger partial charge in [-0.25, -0.2) is 0 Å². The number of fused-ring (bicyclic) bond motifs is 2. The van der Waals surface area contributed by atoms with Gasteiger partial charge in [-0.05, 0) is 45.6 Å². The van der Waals surface area contributed by atoms with Crippen LogP contribution in [0.1, 0.15) is 54.4 Å². The number of carbonyl (C=O) groups is 1. The number of aromatic nitrogens is 1. The zero-order chi connectivity index (χ0) is 15.4. The molecule has 2 aliphatic heterocycles. The lowest BCUT2D eigenvalue weighted by molar-refractivity contribution is 0.0556. The maximum absolute atomic E-state index is 13.0. The second-order valence-corrected chi connectivity index (χ2v) is 6.88. The molecule has 1 aromatic heterocycles. The fourth-order valence-electron chi connectivity index (χ4n) is 4.47. The van der Waals surface area contributed by atoms with Crippen LogP contribution in [0.3, 0.4) is 0 Å². The molecule has 21 heavy (non-hydrogen) atoms. The van der Waals surface area contributed by atoms with Crippen LogP contribution >= 0.6 is 0 Å². The van der Waals surface area contributed by atoms with Crippen LogP contribution < -0.4 is 0 Å². The van der Waals surface area contributed by atoms with Gasteiger partial charge in [-0.2, -0.15) is 0 Å². The van der Waals surface area contributed by atoms with E-state index in [9.17, 15) is 9.90 Å². The molecule has 2 saturated heterocycles. The highest BCUT2D eigenvalue weighted by molar-refractivity contribution is 5.96. The van der Waals surface area contributed by atoms with E-state index in [0.29, 0.717) is 6.04 Å². The van der Waals surface area contributed by atoms with Crippen molar-refractivity contribution in [3.63, 3.8) is 0 Å². The molecule has 3 heterocycles. The molecule has 1 amide bonds. The van der Waals surface area contributed by atoms with Gasteiger partial charge >= 0.3 is 0 Å². The first-order valence-corrected chi connectivity index (χ1v) is 8.01. The van der Waals surface area contributed by atoms with Crippen molar-refractivity contribution in [2.45, 2.75) is 58.5 Å². The molecule has 3 rings (SSSR count). The quantitative estimate of drug-likeness (QED) is 0.929. The Bertz CT molecular complexity index is 572. The van der Waals surface area contributed by atoms with Crippen LogP contribution in [0, 0.1) is 19.3 Å². The van der Waals surface area contributed by atoms with Crippen molar-refractivity contribution in [1.82, 2.24) is 9.47 Å². The number of nitrogens with zero attached hydrogens (tertiary/aromatic N) is 2. The molecule has 4 heteroatoms. The van der Waals surface area contributed by atoms with Gasteiger partial charge < -0.3 is 14.6 Å². The lowest BCUT2D eigenvalue weighted by atomic mass is 9.72. The Labute approximate surface area is 126 Å². The van der Waals surface area contributed by atoms with E-state index in [1.807, 2.05) is 27.0 Å². The van der Waals surface area contributed by atoms with Gasteiger partial charge in [0.05, 0.1) is 12.2 Å². The summed E-state index contributed by atoms with van der Waals surface area (Å²) in [4.78, 5) is 15.1. The maximum atomic E-state index is 13.0. The van der Waals surface area contributed by atoms with Gasteiger partial charge in [-0.15, -0.1) is 0 Å². The van der Waals surface area contributed by atoms with Crippen molar-refractivity contribution in [1.29, 1.82) is 0 Å². The zero-order valence-corrected chi connectivity index (χ0v) is 13.5. The third kappa shape index (κ3) is 1.88. The fourth-order valence-corrected chi connectivity index (χ4v) is 4.47. The number of hydrogen-bond donors (Lipinski definition) is 1. The average Bonchev–Trinajstić information content (AvgIpc) is 3.12. The van der Waals surface area contributed by atoms with E-state index in [0.717, 1.165) is 42.6 Å². The average molecular weight is 290 g/mol. The summed E-state index contributed by atoms with van der Waals surface area (Å²) >= 11 is 0. The largest absolute Gasteiger partial charge is 0.396 e. The van der Waals surface area contributed by atoms with Gasteiger partial charge in [0.25, 0.3) is 5.91 Å². The molecule has 0 unspecified atom stereocenters. The highest BCUT2D eigenvalue weighted by atomic mass is 16.3. The number of rotatable bonds is 3. The summed E-state index contributed by atoms with van der Waals surface area (Å²) in [7, 11) is 2.00. The number of carbonyl (C=O) groups excluding carboxylic acids is 1. The Morgan fingerprint density at radius 2 is 2.14 bits per heavy atom. The smallest absolute Gasteiger partial charge is 0.256 e. The Morgan fingerprint density at radius 3 is 2.62 bits per heavy atom. The van der Waals surface area contributed by atoms with Gasteiger partial charge in [-0.3, -0.25) is 4.79 Å². The van der Waals surface area contributed by atoms with Crippen molar-refractivity contribution >= 4 is 5.91 Å². The summed E-state index contributed by atoms with van der Waals surface area (Å²) < 4.78 is 2.07. The Morgan fingerprint density at radius 1 is 1.43 bits per heavy atom. The summed E-state index contributed by atoms with van der Waals surface area (Å²) in [5, 5.41) is 9.87. The van der Waals surface area contributed by atoms with Crippen molar-refractivity contribution in [2.75, 3.05) is 6.61 Å². The molecule has 2 aliphatic rings. The lowest BCUT2D eigenvalue weighted by Gasteiger charge is -2.34. The van der Waals surface area contributed by atoms with E-state index in [1.165, 1.54) is 0 Å². The van der Waals surface area contributed by atoms with Gasteiger partial charge in [0.15, 0.2) is 0 Å². The Balaban J connectivity index is 1.94. The first-order chi connectivity index (χ1) is 9.95. The second-order valence-electron chi connectivity index (χ2n) is 6.88. The van der Waals surface area contributed by atoms with E-state index in [1.54, 1.807) is 0 Å². The molecule has 2 bridgehead atoms. The van der Waals surface area contributed by atoms with Crippen LogP contribution in [0.5, 0.6) is 0 Å². The van der Waals surface area contributed by atoms with Gasteiger partial charge in [0, 0.05) is 35.9 Å². The maximum Gasteiger partial charge on any atom is 0.256 e. The fraction of sp³-hybridized carbons (Fsp3) is 0.706. The molecule has 0 aliphatic carbocycles. The standard InChI is InChI=1S/C17H26N2O2/c1-5-17(10-20)9-13-6-7-15(17)19(13)16(21)14-8-11(2)18(4)12(14)3/h8,13,15,20H,5-7,9-10H2,1-4H3/t13-,15+,17-/m1/s1. The molecular formula is C17H26N2O2. The predicted molar refractivity (Wildman–Crippen MR) is 82.3 cm³/mol. The van der Waals surface area contributed by atoms with Crippen molar-refractivity contribution in [3.8, 4) is 0 Å². The topological polar surface area (TPSA) is 45.5 Å². The zero-order valence-electron chi connectivity index (χ0n) is 13.5. The minimum absolute atomic E-state index is 0.0731. The van der Waals surface area contributed by atoms with Crippen LogP contribution in [0.4, 0.5) is 0 Å². The van der Waals surface area contributed by atoms with Crippen LogP contribution in [-0.2, 0) is 7.05 Å². The molecule has 3 atom stereocenters. The molecule has 0 radical (unpaired) electrons. The monoisotopic (exact) mass is 290 g/mol. The minimum Gasteiger partial charge on any atom is -0.396 e. The van der Waals surface area contributed by atoms with Crippen LogP contribution in [0.25, 0.3) is 0 Å². The van der Waals surface area contributed by atoms with E-state index in [-0.39, 0.29) is 24.0 Å². The summed E-state index contributed by atoms with van der Waals surface area (Å²) in [6.45, 7) is 6.38. The number of aryl methyl sites for hydroxylation is 1. The van der Waals surface area contributed by atoms with E-state index in [4.69, 9.17) is 0 Å². The molecule has 0 saturated carbocycles.